The van der Waals surface area contributed by atoms with Gasteiger partial charge in [-0.3, -0.25) is 0 Å². The van der Waals surface area contributed by atoms with Crippen molar-refractivity contribution >= 4 is 12.4 Å². The van der Waals surface area contributed by atoms with Crippen molar-refractivity contribution in [3.05, 3.63) is 0 Å². The minimum absolute atomic E-state index is 0. The molecule has 0 bridgehead atoms. The summed E-state index contributed by atoms with van der Waals surface area (Å²) in [7, 11) is 0. The second-order valence-electron chi connectivity index (χ2n) is 3.97. The molecule has 1 aliphatic carbocycles. The molecule has 0 atom stereocenters. The number of hydrogen-bond donors (Lipinski definition) is 1. The minimum atomic E-state index is -2.36. The third-order valence-corrected chi connectivity index (χ3v) is 3.01. The number of hydrogen-bond acceptors (Lipinski definition) is 1. The molecular weight excluding hydrogens is 196 g/mol. The summed E-state index contributed by atoms with van der Waals surface area (Å²) in [6, 6.07) is 0. The van der Waals surface area contributed by atoms with Gasteiger partial charge in [0.05, 0.1) is 0 Å². The van der Waals surface area contributed by atoms with E-state index in [1.807, 2.05) is 0 Å². The SMILES string of the molecule is Cl.FC(F)(C1CCNCC1)C1CC1. The average molecular weight is 212 g/mol. The fourth-order valence-corrected chi connectivity index (χ4v) is 2.01. The molecule has 0 radical (unpaired) electrons. The fourth-order valence-electron chi connectivity index (χ4n) is 2.01. The first-order valence-electron chi connectivity index (χ1n) is 4.80. The Labute approximate surface area is 83.7 Å². The molecule has 13 heavy (non-hydrogen) atoms. The van der Waals surface area contributed by atoms with E-state index in [1.165, 1.54) is 0 Å². The maximum absolute atomic E-state index is 13.5. The van der Waals surface area contributed by atoms with Crippen LogP contribution in [0.15, 0.2) is 0 Å². The van der Waals surface area contributed by atoms with Crippen LogP contribution in [0.5, 0.6) is 0 Å². The fraction of sp³-hybridized carbons (Fsp3) is 1.00. The lowest BCUT2D eigenvalue weighted by Gasteiger charge is -2.30. The third-order valence-electron chi connectivity index (χ3n) is 3.01. The summed E-state index contributed by atoms with van der Waals surface area (Å²) in [6.45, 7) is 1.54. The average Bonchev–Trinajstić information content (AvgIpc) is 2.88. The first-order chi connectivity index (χ1) is 5.71. The molecule has 0 aromatic heterocycles. The van der Waals surface area contributed by atoms with Crippen LogP contribution in [-0.2, 0) is 0 Å². The van der Waals surface area contributed by atoms with Gasteiger partial charge in [-0.1, -0.05) is 0 Å². The Kier molecular flexibility index (Phi) is 3.52. The largest absolute Gasteiger partial charge is 0.317 e. The molecule has 2 rings (SSSR count). The zero-order valence-corrected chi connectivity index (χ0v) is 8.38. The molecular formula is C9H16ClF2N. The predicted molar refractivity (Wildman–Crippen MR) is 50.5 cm³/mol. The van der Waals surface area contributed by atoms with Crippen molar-refractivity contribution in [1.82, 2.24) is 5.32 Å². The quantitative estimate of drug-likeness (QED) is 0.740. The van der Waals surface area contributed by atoms with E-state index in [0.29, 0.717) is 12.8 Å². The van der Waals surface area contributed by atoms with Crippen LogP contribution in [0.25, 0.3) is 0 Å². The van der Waals surface area contributed by atoms with Crippen LogP contribution in [0, 0.1) is 11.8 Å². The number of piperidine rings is 1. The highest BCUT2D eigenvalue weighted by Crippen LogP contribution is 2.49. The highest BCUT2D eigenvalue weighted by Gasteiger charge is 2.51. The summed E-state index contributed by atoms with van der Waals surface area (Å²) in [5.41, 5.74) is 0. The van der Waals surface area contributed by atoms with E-state index in [-0.39, 0.29) is 24.2 Å². The molecule has 2 aliphatic rings. The first-order valence-corrected chi connectivity index (χ1v) is 4.80. The predicted octanol–water partition coefficient (Wildman–Crippen LogP) is 2.45. The molecule has 1 heterocycles. The van der Waals surface area contributed by atoms with Crippen LogP contribution in [-0.4, -0.2) is 19.0 Å². The molecule has 0 aromatic rings. The normalized spacial score (nSPS) is 25.4. The number of alkyl halides is 2. The summed E-state index contributed by atoms with van der Waals surface area (Å²) >= 11 is 0. The molecule has 1 nitrogen and oxygen atoms in total. The van der Waals surface area contributed by atoms with Crippen LogP contribution >= 0.6 is 12.4 Å². The molecule has 1 aliphatic heterocycles. The molecule has 0 amide bonds. The van der Waals surface area contributed by atoms with Crippen LogP contribution in [0.2, 0.25) is 0 Å². The van der Waals surface area contributed by atoms with E-state index in [4.69, 9.17) is 0 Å². The molecule has 0 spiro atoms. The topological polar surface area (TPSA) is 12.0 Å². The molecule has 78 valence electrons. The number of nitrogens with one attached hydrogen (secondary N) is 1. The summed E-state index contributed by atoms with van der Waals surface area (Å²) in [5, 5.41) is 3.11. The monoisotopic (exact) mass is 211 g/mol. The summed E-state index contributed by atoms with van der Waals surface area (Å²) < 4.78 is 26.9. The Bertz CT molecular complexity index is 165. The molecule has 1 saturated heterocycles. The Morgan fingerprint density at radius 1 is 0.923 bits per heavy atom. The Morgan fingerprint density at radius 3 is 1.85 bits per heavy atom. The Hall–Kier alpha value is 0.110. The smallest absolute Gasteiger partial charge is 0.253 e. The zero-order valence-electron chi connectivity index (χ0n) is 7.56. The van der Waals surface area contributed by atoms with E-state index >= 15 is 0 Å². The van der Waals surface area contributed by atoms with Gasteiger partial charge >= 0.3 is 0 Å². The van der Waals surface area contributed by atoms with Crippen molar-refractivity contribution in [2.24, 2.45) is 11.8 Å². The molecule has 2 fully saturated rings. The second kappa shape index (κ2) is 4.09. The van der Waals surface area contributed by atoms with Crippen LogP contribution in [0.4, 0.5) is 8.78 Å². The first kappa shape index (κ1) is 11.2. The van der Waals surface area contributed by atoms with Crippen molar-refractivity contribution in [2.75, 3.05) is 13.1 Å². The number of rotatable bonds is 2. The van der Waals surface area contributed by atoms with E-state index in [9.17, 15) is 8.78 Å². The molecule has 4 heteroatoms. The lowest BCUT2D eigenvalue weighted by Crippen LogP contribution is -2.39. The highest BCUT2D eigenvalue weighted by atomic mass is 35.5. The molecule has 0 aromatic carbocycles. The van der Waals surface area contributed by atoms with Gasteiger partial charge in [-0.25, -0.2) is 8.78 Å². The summed E-state index contributed by atoms with van der Waals surface area (Å²) in [4.78, 5) is 0. The minimum Gasteiger partial charge on any atom is -0.317 e. The summed E-state index contributed by atoms with van der Waals surface area (Å²) in [5.74, 6) is -2.98. The number of halogens is 3. The van der Waals surface area contributed by atoms with E-state index < -0.39 is 5.92 Å². The van der Waals surface area contributed by atoms with Crippen LogP contribution in [0.1, 0.15) is 25.7 Å². The van der Waals surface area contributed by atoms with Gasteiger partial charge < -0.3 is 5.32 Å². The van der Waals surface area contributed by atoms with Gasteiger partial charge in [0.1, 0.15) is 0 Å². The Balaban J connectivity index is 0.000000845. The van der Waals surface area contributed by atoms with Crippen molar-refractivity contribution in [3.63, 3.8) is 0 Å². The highest BCUT2D eigenvalue weighted by molar-refractivity contribution is 5.85. The van der Waals surface area contributed by atoms with Gasteiger partial charge in [0.15, 0.2) is 0 Å². The third kappa shape index (κ3) is 2.32. The van der Waals surface area contributed by atoms with Gasteiger partial charge in [0.2, 0.25) is 0 Å². The van der Waals surface area contributed by atoms with Gasteiger partial charge in [-0.15, -0.1) is 12.4 Å². The molecule has 0 unspecified atom stereocenters. The van der Waals surface area contributed by atoms with Crippen LogP contribution < -0.4 is 5.32 Å². The van der Waals surface area contributed by atoms with Crippen molar-refractivity contribution < 1.29 is 8.78 Å². The van der Waals surface area contributed by atoms with Gasteiger partial charge in [-0.05, 0) is 38.8 Å². The maximum atomic E-state index is 13.5. The standard InChI is InChI=1S/C9H15F2N.ClH/c10-9(11,7-1-2-7)8-3-5-12-6-4-8;/h7-8,12H,1-6H2;1H. The molecule has 1 saturated carbocycles. The van der Waals surface area contributed by atoms with E-state index in [2.05, 4.69) is 5.32 Å². The lowest BCUT2D eigenvalue weighted by atomic mass is 9.89. The van der Waals surface area contributed by atoms with E-state index in [1.54, 1.807) is 0 Å². The summed E-state index contributed by atoms with van der Waals surface area (Å²) in [6.07, 6.45) is 2.81. The Morgan fingerprint density at radius 2 is 1.38 bits per heavy atom. The van der Waals surface area contributed by atoms with Crippen molar-refractivity contribution in [1.29, 1.82) is 0 Å². The molecule has 1 N–H and O–H groups in total. The van der Waals surface area contributed by atoms with E-state index in [0.717, 1.165) is 25.9 Å². The zero-order chi connectivity index (χ0) is 8.60. The van der Waals surface area contributed by atoms with Crippen molar-refractivity contribution in [2.45, 2.75) is 31.6 Å². The maximum Gasteiger partial charge on any atom is 0.253 e. The van der Waals surface area contributed by atoms with Gasteiger partial charge in [0, 0.05) is 11.8 Å². The van der Waals surface area contributed by atoms with Crippen molar-refractivity contribution in [3.8, 4) is 0 Å². The second-order valence-corrected chi connectivity index (χ2v) is 3.97. The van der Waals surface area contributed by atoms with Crippen LogP contribution in [0.3, 0.4) is 0 Å². The van der Waals surface area contributed by atoms with Gasteiger partial charge in [0.25, 0.3) is 5.92 Å². The lowest BCUT2D eigenvalue weighted by molar-refractivity contribution is -0.0877. The van der Waals surface area contributed by atoms with Gasteiger partial charge in [-0.2, -0.15) is 0 Å².